The summed E-state index contributed by atoms with van der Waals surface area (Å²) in [5, 5.41) is 13.4. The first-order valence-corrected chi connectivity index (χ1v) is 12.1. The van der Waals surface area contributed by atoms with Crippen LogP contribution in [0.15, 0.2) is 48.1 Å². The number of aryl methyl sites for hydroxylation is 3. The number of nitrogens with zero attached hydrogens (tertiary/aromatic N) is 3. The lowest BCUT2D eigenvalue weighted by Crippen LogP contribution is -2.16. The van der Waals surface area contributed by atoms with Gasteiger partial charge in [-0.2, -0.15) is 0 Å². The minimum atomic E-state index is -0.366. The van der Waals surface area contributed by atoms with Crippen LogP contribution in [0.1, 0.15) is 35.5 Å². The standard InChI is InChI=1S/C24H26Cl2N4O2S/c1-6-9-30-23(17(5)32-19-10-15(3)22(26)16(4)11-19)28-29-24(30)33-13-21(31)27-20-12-18(25)8-7-14(20)2/h6-8,10-12,17H,1,9,13H2,2-5H3,(H,27,31). The molecule has 1 atom stereocenters. The molecule has 2 aromatic carbocycles. The maximum Gasteiger partial charge on any atom is 0.234 e. The molecule has 0 aliphatic rings. The van der Waals surface area contributed by atoms with Crippen LogP contribution in [0.5, 0.6) is 5.75 Å². The van der Waals surface area contributed by atoms with Crippen LogP contribution in [0.3, 0.4) is 0 Å². The van der Waals surface area contributed by atoms with Gasteiger partial charge >= 0.3 is 0 Å². The zero-order chi connectivity index (χ0) is 24.1. The Hall–Kier alpha value is -2.48. The Morgan fingerprint density at radius 2 is 1.88 bits per heavy atom. The number of carbonyl (C=O) groups is 1. The Kier molecular flexibility index (Phi) is 8.46. The molecule has 0 saturated heterocycles. The molecule has 1 amide bonds. The van der Waals surface area contributed by atoms with E-state index in [1.54, 1.807) is 18.2 Å². The number of allylic oxidation sites excluding steroid dienone is 1. The number of carbonyl (C=O) groups excluding carboxylic acids is 1. The maximum absolute atomic E-state index is 12.5. The van der Waals surface area contributed by atoms with Crippen molar-refractivity contribution in [1.82, 2.24) is 14.8 Å². The number of hydrogen-bond donors (Lipinski definition) is 1. The zero-order valence-corrected chi connectivity index (χ0v) is 21.3. The summed E-state index contributed by atoms with van der Waals surface area (Å²) in [5.74, 6) is 1.37. The van der Waals surface area contributed by atoms with Crippen LogP contribution in [0.4, 0.5) is 5.69 Å². The van der Waals surface area contributed by atoms with Gasteiger partial charge in [0, 0.05) is 22.3 Å². The number of benzene rings is 2. The zero-order valence-electron chi connectivity index (χ0n) is 19.0. The van der Waals surface area contributed by atoms with Crippen LogP contribution in [0, 0.1) is 20.8 Å². The van der Waals surface area contributed by atoms with Crippen LogP contribution >= 0.6 is 35.0 Å². The Bertz CT molecular complexity index is 1160. The molecule has 6 nitrogen and oxygen atoms in total. The molecule has 3 aromatic rings. The normalized spacial score (nSPS) is 11.8. The molecule has 9 heteroatoms. The molecule has 1 heterocycles. The first kappa shape index (κ1) is 25.1. The highest BCUT2D eigenvalue weighted by molar-refractivity contribution is 7.99. The minimum absolute atomic E-state index is 0.156. The highest BCUT2D eigenvalue weighted by atomic mass is 35.5. The van der Waals surface area contributed by atoms with Gasteiger partial charge in [-0.25, -0.2) is 0 Å². The second-order valence-corrected chi connectivity index (χ2v) is 9.42. The fourth-order valence-corrected chi connectivity index (χ4v) is 4.32. The number of ether oxygens (including phenoxy) is 1. The smallest absolute Gasteiger partial charge is 0.234 e. The Morgan fingerprint density at radius 1 is 1.18 bits per heavy atom. The molecule has 0 bridgehead atoms. The molecule has 1 unspecified atom stereocenters. The van der Waals surface area contributed by atoms with Gasteiger partial charge in [0.25, 0.3) is 0 Å². The van der Waals surface area contributed by atoms with Crippen molar-refractivity contribution in [3.05, 3.63) is 75.5 Å². The monoisotopic (exact) mass is 504 g/mol. The van der Waals surface area contributed by atoms with E-state index in [2.05, 4.69) is 22.1 Å². The molecule has 0 spiro atoms. The first-order chi connectivity index (χ1) is 15.7. The summed E-state index contributed by atoms with van der Waals surface area (Å²) in [6.07, 6.45) is 1.39. The van der Waals surface area contributed by atoms with E-state index in [9.17, 15) is 4.79 Å². The van der Waals surface area contributed by atoms with Crippen LogP contribution in [-0.2, 0) is 11.3 Å². The van der Waals surface area contributed by atoms with E-state index in [1.807, 2.05) is 50.5 Å². The number of hydrogen-bond acceptors (Lipinski definition) is 5. The predicted octanol–water partition coefficient (Wildman–Crippen LogP) is 6.57. The number of nitrogens with one attached hydrogen (secondary N) is 1. The van der Waals surface area contributed by atoms with E-state index in [4.69, 9.17) is 27.9 Å². The lowest BCUT2D eigenvalue weighted by Gasteiger charge is -2.17. The maximum atomic E-state index is 12.5. The Labute approximate surface area is 208 Å². The minimum Gasteiger partial charge on any atom is -0.483 e. The summed E-state index contributed by atoms with van der Waals surface area (Å²) in [6, 6.07) is 9.19. The average Bonchev–Trinajstić information content (AvgIpc) is 3.16. The highest BCUT2D eigenvalue weighted by Crippen LogP contribution is 2.30. The summed E-state index contributed by atoms with van der Waals surface area (Å²) in [6.45, 7) is 12.0. The summed E-state index contributed by atoms with van der Waals surface area (Å²) in [5.41, 5.74) is 3.53. The lowest BCUT2D eigenvalue weighted by molar-refractivity contribution is -0.113. The quantitative estimate of drug-likeness (QED) is 0.263. The summed E-state index contributed by atoms with van der Waals surface area (Å²) < 4.78 is 8.03. The molecule has 174 valence electrons. The largest absolute Gasteiger partial charge is 0.483 e. The van der Waals surface area contributed by atoms with Crippen molar-refractivity contribution < 1.29 is 9.53 Å². The van der Waals surface area contributed by atoms with Crippen LogP contribution in [-0.4, -0.2) is 26.4 Å². The molecular formula is C24H26Cl2N4O2S. The van der Waals surface area contributed by atoms with Gasteiger partial charge in [-0.15, -0.1) is 16.8 Å². The van der Waals surface area contributed by atoms with Crippen molar-refractivity contribution in [1.29, 1.82) is 0 Å². The van der Waals surface area contributed by atoms with E-state index in [1.165, 1.54) is 11.8 Å². The molecular weight excluding hydrogens is 479 g/mol. The average molecular weight is 505 g/mol. The molecule has 33 heavy (non-hydrogen) atoms. The molecule has 3 rings (SSSR count). The van der Waals surface area contributed by atoms with Gasteiger partial charge in [-0.1, -0.05) is 47.1 Å². The fourth-order valence-electron chi connectivity index (χ4n) is 3.28. The second-order valence-electron chi connectivity index (χ2n) is 7.67. The Balaban J connectivity index is 1.71. The van der Waals surface area contributed by atoms with Crippen LogP contribution in [0.2, 0.25) is 10.0 Å². The van der Waals surface area contributed by atoms with Gasteiger partial charge in [-0.3, -0.25) is 9.36 Å². The summed E-state index contributed by atoms with van der Waals surface area (Å²) in [4.78, 5) is 12.5. The summed E-state index contributed by atoms with van der Waals surface area (Å²) >= 11 is 13.6. The van der Waals surface area contributed by atoms with Gasteiger partial charge in [0.05, 0.1) is 5.75 Å². The van der Waals surface area contributed by atoms with Crippen LogP contribution in [0.25, 0.3) is 0 Å². The van der Waals surface area contributed by atoms with E-state index < -0.39 is 0 Å². The highest BCUT2D eigenvalue weighted by Gasteiger charge is 2.20. The third kappa shape index (κ3) is 6.31. The fraction of sp³-hybridized carbons (Fsp3) is 0.292. The van der Waals surface area contributed by atoms with Crippen molar-refractivity contribution in [2.75, 3.05) is 11.1 Å². The summed E-state index contributed by atoms with van der Waals surface area (Å²) in [7, 11) is 0. The van der Waals surface area contributed by atoms with Crippen molar-refractivity contribution in [2.45, 2.75) is 45.5 Å². The van der Waals surface area contributed by atoms with Gasteiger partial charge < -0.3 is 10.1 Å². The van der Waals surface area contributed by atoms with Crippen LogP contribution < -0.4 is 10.1 Å². The van der Waals surface area contributed by atoms with Gasteiger partial charge in [0.15, 0.2) is 17.1 Å². The van der Waals surface area contributed by atoms with E-state index in [0.29, 0.717) is 34.0 Å². The third-order valence-corrected chi connectivity index (χ3v) is 6.75. The second kappa shape index (κ2) is 11.1. The van der Waals surface area contributed by atoms with Crippen molar-refractivity contribution in [3.8, 4) is 5.75 Å². The molecule has 0 fully saturated rings. The molecule has 0 aliphatic carbocycles. The number of anilines is 1. The molecule has 0 radical (unpaired) electrons. The molecule has 1 aromatic heterocycles. The first-order valence-electron chi connectivity index (χ1n) is 10.4. The van der Waals surface area contributed by atoms with Gasteiger partial charge in [-0.05, 0) is 68.7 Å². The topological polar surface area (TPSA) is 69.0 Å². The number of rotatable bonds is 9. The van der Waals surface area contributed by atoms with Gasteiger partial charge in [0.1, 0.15) is 5.75 Å². The predicted molar refractivity (Wildman–Crippen MR) is 136 cm³/mol. The van der Waals surface area contributed by atoms with E-state index in [-0.39, 0.29) is 17.8 Å². The van der Waals surface area contributed by atoms with Crippen molar-refractivity contribution in [3.63, 3.8) is 0 Å². The third-order valence-electron chi connectivity index (χ3n) is 4.95. The number of amides is 1. The van der Waals surface area contributed by atoms with Gasteiger partial charge in [0.2, 0.25) is 5.91 Å². The van der Waals surface area contributed by atoms with Crippen molar-refractivity contribution in [2.24, 2.45) is 0 Å². The lowest BCUT2D eigenvalue weighted by atomic mass is 10.1. The van der Waals surface area contributed by atoms with E-state index in [0.717, 1.165) is 21.7 Å². The number of thioether (sulfide) groups is 1. The number of aromatic nitrogens is 3. The SMILES string of the molecule is C=CCn1c(SCC(=O)Nc2cc(Cl)ccc2C)nnc1C(C)Oc1cc(C)c(Cl)c(C)c1. The molecule has 1 N–H and O–H groups in total. The van der Waals surface area contributed by atoms with E-state index >= 15 is 0 Å². The molecule has 0 saturated carbocycles. The molecule has 0 aliphatic heterocycles. The number of halogens is 2. The Morgan fingerprint density at radius 3 is 2.55 bits per heavy atom. The van der Waals surface area contributed by atoms with Crippen molar-refractivity contribution >= 4 is 46.6 Å².